The number of para-hydroxylation sites is 2. The molecule has 1 fully saturated rings. The first kappa shape index (κ1) is 19.6. The van der Waals surface area contributed by atoms with Gasteiger partial charge in [0.05, 0.1) is 19.4 Å². The van der Waals surface area contributed by atoms with Crippen molar-refractivity contribution in [3.8, 4) is 11.5 Å². The second-order valence-corrected chi connectivity index (χ2v) is 7.16. The van der Waals surface area contributed by atoms with Crippen molar-refractivity contribution in [1.82, 2.24) is 4.90 Å². The Labute approximate surface area is 163 Å². The summed E-state index contributed by atoms with van der Waals surface area (Å²) in [5, 5.41) is 0. The molecule has 1 saturated heterocycles. The van der Waals surface area contributed by atoms with Gasteiger partial charge in [-0.1, -0.05) is 24.3 Å². The summed E-state index contributed by atoms with van der Waals surface area (Å²) in [6, 6.07) is 17.4. The minimum Gasteiger partial charge on any atom is -0.497 e. The van der Waals surface area contributed by atoms with Gasteiger partial charge in [-0.05, 0) is 56.5 Å². The zero-order valence-electron chi connectivity index (χ0n) is 16.9. The number of nitrogens with zero attached hydrogens (tertiary/aromatic N) is 2. The van der Waals surface area contributed by atoms with Gasteiger partial charge < -0.3 is 14.4 Å². The maximum atomic E-state index is 5.80. The molecule has 2 aromatic rings. The van der Waals surface area contributed by atoms with E-state index in [0.29, 0.717) is 12.6 Å². The van der Waals surface area contributed by atoms with Gasteiger partial charge in [0, 0.05) is 32.2 Å². The van der Waals surface area contributed by atoms with E-state index in [0.717, 1.165) is 44.1 Å². The SMILES string of the molecule is CCOc1ccccc1N1CCN([C@@H](C)CCc2ccc(OC)cc2)CC1. The lowest BCUT2D eigenvalue weighted by Crippen LogP contribution is -2.49. The largest absolute Gasteiger partial charge is 0.497 e. The molecule has 0 saturated carbocycles. The number of anilines is 1. The van der Waals surface area contributed by atoms with Crippen LogP contribution < -0.4 is 14.4 Å². The van der Waals surface area contributed by atoms with Gasteiger partial charge in [-0.2, -0.15) is 0 Å². The van der Waals surface area contributed by atoms with E-state index in [1.54, 1.807) is 7.11 Å². The Morgan fingerprint density at radius 3 is 2.33 bits per heavy atom. The molecule has 2 aromatic carbocycles. The molecule has 0 aliphatic carbocycles. The topological polar surface area (TPSA) is 24.9 Å². The van der Waals surface area contributed by atoms with Crippen LogP contribution in [0.3, 0.4) is 0 Å². The molecule has 1 aliphatic rings. The zero-order chi connectivity index (χ0) is 19.1. The molecule has 1 atom stereocenters. The summed E-state index contributed by atoms with van der Waals surface area (Å²) in [6.07, 6.45) is 2.29. The van der Waals surface area contributed by atoms with E-state index in [-0.39, 0.29) is 0 Å². The second-order valence-electron chi connectivity index (χ2n) is 7.16. The van der Waals surface area contributed by atoms with Crippen LogP contribution in [0.1, 0.15) is 25.8 Å². The lowest BCUT2D eigenvalue weighted by molar-refractivity contribution is 0.188. The van der Waals surface area contributed by atoms with Crippen LogP contribution in [0.4, 0.5) is 5.69 Å². The molecule has 4 heteroatoms. The van der Waals surface area contributed by atoms with Gasteiger partial charge in [-0.15, -0.1) is 0 Å². The fourth-order valence-corrected chi connectivity index (χ4v) is 3.75. The predicted molar refractivity (Wildman–Crippen MR) is 112 cm³/mol. The monoisotopic (exact) mass is 368 g/mol. The van der Waals surface area contributed by atoms with Gasteiger partial charge >= 0.3 is 0 Å². The highest BCUT2D eigenvalue weighted by Crippen LogP contribution is 2.29. The fourth-order valence-electron chi connectivity index (χ4n) is 3.75. The lowest BCUT2D eigenvalue weighted by atomic mass is 10.0. The molecule has 0 amide bonds. The summed E-state index contributed by atoms with van der Waals surface area (Å²) in [4.78, 5) is 5.07. The van der Waals surface area contributed by atoms with Crippen LogP contribution in [0.2, 0.25) is 0 Å². The summed E-state index contributed by atoms with van der Waals surface area (Å²) < 4.78 is 11.0. The molecule has 1 aliphatic heterocycles. The summed E-state index contributed by atoms with van der Waals surface area (Å²) in [7, 11) is 1.71. The van der Waals surface area contributed by atoms with E-state index in [2.05, 4.69) is 59.2 Å². The molecule has 0 N–H and O–H groups in total. The van der Waals surface area contributed by atoms with Gasteiger partial charge in [0.15, 0.2) is 0 Å². The van der Waals surface area contributed by atoms with Crippen LogP contribution in [0, 0.1) is 0 Å². The van der Waals surface area contributed by atoms with Crippen molar-refractivity contribution < 1.29 is 9.47 Å². The van der Waals surface area contributed by atoms with Gasteiger partial charge in [0.25, 0.3) is 0 Å². The number of methoxy groups -OCH3 is 1. The number of hydrogen-bond acceptors (Lipinski definition) is 4. The van der Waals surface area contributed by atoms with E-state index in [9.17, 15) is 0 Å². The van der Waals surface area contributed by atoms with Crippen LogP contribution in [0.25, 0.3) is 0 Å². The van der Waals surface area contributed by atoms with Crippen LogP contribution in [0.15, 0.2) is 48.5 Å². The Hall–Kier alpha value is -2.20. The number of aryl methyl sites for hydroxylation is 1. The standard InChI is InChI=1S/C23H32N2O2/c1-4-27-23-8-6-5-7-22(23)25-17-15-24(16-18-25)19(2)9-10-20-11-13-21(26-3)14-12-20/h5-8,11-14,19H,4,9-10,15-18H2,1-3H3/t19-/m0/s1. The molecule has 146 valence electrons. The highest BCUT2D eigenvalue weighted by Gasteiger charge is 2.22. The molecule has 0 spiro atoms. The van der Waals surface area contributed by atoms with Crippen molar-refractivity contribution in [3.63, 3.8) is 0 Å². The minimum absolute atomic E-state index is 0.594. The zero-order valence-corrected chi connectivity index (χ0v) is 16.9. The van der Waals surface area contributed by atoms with Crippen molar-refractivity contribution in [3.05, 3.63) is 54.1 Å². The van der Waals surface area contributed by atoms with Crippen LogP contribution >= 0.6 is 0 Å². The molecule has 0 unspecified atom stereocenters. The van der Waals surface area contributed by atoms with E-state index >= 15 is 0 Å². The molecule has 3 rings (SSSR count). The van der Waals surface area contributed by atoms with Gasteiger partial charge in [0.2, 0.25) is 0 Å². The normalized spacial score (nSPS) is 16.2. The van der Waals surface area contributed by atoms with E-state index < -0.39 is 0 Å². The number of hydrogen-bond donors (Lipinski definition) is 0. The summed E-state index contributed by atoms with van der Waals surface area (Å²) in [6.45, 7) is 9.41. The molecule has 0 radical (unpaired) electrons. The smallest absolute Gasteiger partial charge is 0.142 e. The maximum absolute atomic E-state index is 5.80. The van der Waals surface area contributed by atoms with E-state index in [1.807, 2.05) is 13.0 Å². The van der Waals surface area contributed by atoms with Gasteiger partial charge in [-0.25, -0.2) is 0 Å². The number of ether oxygens (including phenoxy) is 2. The van der Waals surface area contributed by atoms with Crippen LogP contribution in [-0.2, 0) is 6.42 Å². The van der Waals surface area contributed by atoms with Gasteiger partial charge in [0.1, 0.15) is 11.5 Å². The Kier molecular flexibility index (Phi) is 6.99. The summed E-state index contributed by atoms with van der Waals surface area (Å²) in [5.74, 6) is 1.93. The molecule has 1 heterocycles. The highest BCUT2D eigenvalue weighted by molar-refractivity contribution is 5.58. The maximum Gasteiger partial charge on any atom is 0.142 e. The average Bonchev–Trinajstić information content (AvgIpc) is 2.73. The predicted octanol–water partition coefficient (Wildman–Crippen LogP) is 4.24. The highest BCUT2D eigenvalue weighted by atomic mass is 16.5. The molecule has 0 aromatic heterocycles. The van der Waals surface area contributed by atoms with Crippen molar-refractivity contribution in [2.24, 2.45) is 0 Å². The third-order valence-electron chi connectivity index (χ3n) is 5.45. The van der Waals surface area contributed by atoms with Crippen molar-refractivity contribution in [1.29, 1.82) is 0 Å². The molecular formula is C23H32N2O2. The third-order valence-corrected chi connectivity index (χ3v) is 5.45. The molecule has 0 bridgehead atoms. The summed E-state index contributed by atoms with van der Waals surface area (Å²) in [5.41, 5.74) is 2.61. The molecule has 4 nitrogen and oxygen atoms in total. The Morgan fingerprint density at radius 2 is 1.67 bits per heavy atom. The molecule has 27 heavy (non-hydrogen) atoms. The summed E-state index contributed by atoms with van der Waals surface area (Å²) >= 11 is 0. The number of piperazine rings is 1. The molecular weight excluding hydrogens is 336 g/mol. The first-order chi connectivity index (χ1) is 13.2. The first-order valence-corrected chi connectivity index (χ1v) is 10.0. The van der Waals surface area contributed by atoms with Crippen LogP contribution in [0.5, 0.6) is 11.5 Å². The van der Waals surface area contributed by atoms with Crippen molar-refractivity contribution >= 4 is 5.69 Å². The quantitative estimate of drug-likeness (QED) is 0.696. The van der Waals surface area contributed by atoms with E-state index in [4.69, 9.17) is 9.47 Å². The van der Waals surface area contributed by atoms with E-state index in [1.165, 1.54) is 17.7 Å². The Balaban J connectivity index is 1.49. The Morgan fingerprint density at radius 1 is 0.963 bits per heavy atom. The van der Waals surface area contributed by atoms with Crippen LogP contribution in [-0.4, -0.2) is 50.8 Å². The number of benzene rings is 2. The van der Waals surface area contributed by atoms with Crippen molar-refractivity contribution in [2.45, 2.75) is 32.7 Å². The minimum atomic E-state index is 0.594. The second kappa shape index (κ2) is 9.65. The fraction of sp³-hybridized carbons (Fsp3) is 0.478. The first-order valence-electron chi connectivity index (χ1n) is 10.0. The van der Waals surface area contributed by atoms with Crippen molar-refractivity contribution in [2.75, 3.05) is 44.8 Å². The average molecular weight is 369 g/mol. The Bertz CT molecular complexity index is 694. The van der Waals surface area contributed by atoms with Gasteiger partial charge in [-0.3, -0.25) is 4.90 Å². The lowest BCUT2D eigenvalue weighted by Gasteiger charge is -2.39. The third kappa shape index (κ3) is 5.16. The number of rotatable bonds is 8.